The molecule has 0 spiro atoms. The number of nitrogen functional groups attached to an aromatic ring is 1. The zero-order valence-electron chi connectivity index (χ0n) is 29.0. The molecular formula is C37H35Cl3F2N6O4. The summed E-state index contributed by atoms with van der Waals surface area (Å²) in [7, 11) is 0. The highest BCUT2D eigenvalue weighted by Crippen LogP contribution is 2.24. The number of hydrogen-bond donors (Lipinski definition) is 2. The number of aryl methyl sites for hydroxylation is 6. The number of amides is 1. The van der Waals surface area contributed by atoms with Crippen LogP contribution >= 0.6 is 34.8 Å². The lowest BCUT2D eigenvalue weighted by Crippen LogP contribution is -2.14. The van der Waals surface area contributed by atoms with Crippen molar-refractivity contribution in [1.82, 2.24) is 19.9 Å². The quantitative estimate of drug-likeness (QED) is 0.129. The van der Waals surface area contributed by atoms with Gasteiger partial charge in [-0.15, -0.1) is 23.2 Å². The summed E-state index contributed by atoms with van der Waals surface area (Å²) in [4.78, 5) is 39.7. The molecule has 0 aliphatic rings. The van der Waals surface area contributed by atoms with E-state index in [-0.39, 0.29) is 22.9 Å². The lowest BCUT2D eigenvalue weighted by molar-refractivity contribution is 0.102. The number of nitrogens with zero attached hydrogens (tertiary/aromatic N) is 4. The molecule has 15 heteroatoms. The molecule has 52 heavy (non-hydrogen) atoms. The second kappa shape index (κ2) is 19.4. The van der Waals surface area contributed by atoms with Crippen LogP contribution in [0.25, 0.3) is 22.5 Å². The summed E-state index contributed by atoms with van der Waals surface area (Å²) in [5.74, 6) is 2.62. The van der Waals surface area contributed by atoms with Crippen LogP contribution in [0.5, 0.6) is 0 Å². The summed E-state index contributed by atoms with van der Waals surface area (Å²) in [5, 5.41) is 2.34. The molecule has 10 nitrogen and oxygen atoms in total. The summed E-state index contributed by atoms with van der Waals surface area (Å²) in [6.45, 7) is 10.6. The number of nitrogens with one attached hydrogen (secondary N) is 1. The van der Waals surface area contributed by atoms with Crippen LogP contribution in [-0.4, -0.2) is 36.4 Å². The van der Waals surface area contributed by atoms with Crippen LogP contribution in [0.15, 0.2) is 81.9 Å². The topological polar surface area (TPSA) is 150 Å². The zero-order chi connectivity index (χ0) is 38.5. The number of alkyl halides is 2. The Bertz CT molecular complexity index is 2120. The number of oxazole rings is 2. The number of pyridine rings is 2. The van der Waals surface area contributed by atoms with E-state index in [0.717, 1.165) is 28.3 Å². The molecular weight excluding hydrogens is 737 g/mol. The fourth-order valence-electron chi connectivity index (χ4n) is 4.66. The minimum absolute atomic E-state index is 0.194. The third kappa shape index (κ3) is 12.0. The first-order chi connectivity index (χ1) is 24.6. The highest BCUT2D eigenvalue weighted by atomic mass is 35.5. The van der Waals surface area contributed by atoms with Crippen LogP contribution in [-0.2, 0) is 0 Å². The number of carbonyl (C=O) groups is 2. The Hall–Kier alpha value is -5.17. The van der Waals surface area contributed by atoms with E-state index >= 15 is 0 Å². The number of anilines is 2. The molecule has 4 heterocycles. The van der Waals surface area contributed by atoms with Crippen LogP contribution in [0.3, 0.4) is 0 Å². The van der Waals surface area contributed by atoms with E-state index in [2.05, 4.69) is 25.3 Å². The van der Waals surface area contributed by atoms with Crippen molar-refractivity contribution in [2.45, 2.75) is 41.5 Å². The molecule has 0 radical (unpaired) electrons. The largest absolute Gasteiger partial charge is 0.446 e. The number of aromatic nitrogens is 4. The van der Waals surface area contributed by atoms with Gasteiger partial charge in [-0.05, 0) is 111 Å². The molecule has 2 aromatic carbocycles. The Balaban J connectivity index is 0.000000220. The first kappa shape index (κ1) is 41.3. The van der Waals surface area contributed by atoms with Crippen molar-refractivity contribution in [1.29, 1.82) is 0 Å². The van der Waals surface area contributed by atoms with Gasteiger partial charge >= 0.3 is 0 Å². The normalized spacial score (nSPS) is 10.1. The van der Waals surface area contributed by atoms with E-state index in [1.165, 1.54) is 36.4 Å². The van der Waals surface area contributed by atoms with E-state index in [1.54, 1.807) is 45.3 Å². The highest BCUT2D eigenvalue weighted by molar-refractivity contribution is 6.67. The number of nitrogens with two attached hydrogens (primary N) is 1. The molecule has 0 aliphatic carbocycles. The van der Waals surface area contributed by atoms with Gasteiger partial charge in [-0.3, -0.25) is 9.59 Å². The van der Waals surface area contributed by atoms with Crippen molar-refractivity contribution in [2.75, 3.05) is 16.4 Å². The van der Waals surface area contributed by atoms with Crippen LogP contribution in [0.1, 0.15) is 55.1 Å². The van der Waals surface area contributed by atoms with Crippen LogP contribution < -0.4 is 11.1 Å². The molecule has 0 aliphatic heterocycles. The molecule has 1 amide bonds. The lowest BCUT2D eigenvalue weighted by atomic mass is 10.1. The first-order valence-electron chi connectivity index (χ1n) is 15.3. The molecule has 0 atom stereocenters. The first-order valence-corrected chi connectivity index (χ1v) is 16.8. The third-order valence-electron chi connectivity index (χ3n) is 6.98. The van der Waals surface area contributed by atoms with Gasteiger partial charge in [0, 0.05) is 48.5 Å². The number of carbonyl (C=O) groups excluding carboxylic acids is 2. The molecule has 4 aromatic heterocycles. The summed E-state index contributed by atoms with van der Waals surface area (Å²) in [6.07, 6.45) is 3.32. The summed E-state index contributed by atoms with van der Waals surface area (Å²) in [5.41, 5.74) is 10.7. The van der Waals surface area contributed by atoms with Gasteiger partial charge in [-0.25, -0.2) is 28.7 Å². The minimum atomic E-state index is -0.553. The van der Waals surface area contributed by atoms with Crippen LogP contribution in [0.4, 0.5) is 20.4 Å². The Morgan fingerprint density at radius 1 is 0.712 bits per heavy atom. The molecule has 0 unspecified atom stereocenters. The van der Waals surface area contributed by atoms with Gasteiger partial charge in [0.05, 0.1) is 5.34 Å². The van der Waals surface area contributed by atoms with Gasteiger partial charge in [-0.2, -0.15) is 0 Å². The smallest absolute Gasteiger partial charge is 0.257 e. The molecule has 0 bridgehead atoms. The van der Waals surface area contributed by atoms with Gasteiger partial charge < -0.3 is 19.9 Å². The number of hydrogen-bond acceptors (Lipinski definition) is 9. The van der Waals surface area contributed by atoms with Gasteiger partial charge in [0.1, 0.15) is 46.2 Å². The molecule has 0 fully saturated rings. The van der Waals surface area contributed by atoms with E-state index < -0.39 is 5.24 Å². The van der Waals surface area contributed by atoms with Gasteiger partial charge in [-0.1, -0.05) is 0 Å². The number of benzene rings is 2. The van der Waals surface area contributed by atoms with Gasteiger partial charge in [0.25, 0.3) is 11.1 Å². The fraction of sp³-hybridized carbons (Fsp3) is 0.189. The Morgan fingerprint density at radius 3 is 1.54 bits per heavy atom. The maximum atomic E-state index is 13.1. The SMILES string of the molecule is Cc1cc(F)ccc1C(=O)Cl.Cc1nc(-c2ccc(N)nc2)c(C)o1.Cc1nc(-c2ccc(NC(=O)c3ccc(F)cc3C)nc2)c(C)o1.ClCCl. The van der Waals surface area contributed by atoms with Gasteiger partial charge in [0.2, 0.25) is 0 Å². The number of rotatable bonds is 5. The standard InChI is InChI=1S/C18H16FN3O2.C10H11N3O.C8H6ClFO.CH2Cl2/c1-10-8-14(19)5-6-15(10)18(23)22-16-7-4-13(9-20-16)17-11(2)24-12(3)21-17;1-6-10(13-7(2)14-6)8-3-4-9(11)12-5-8;1-5-4-6(10)2-3-7(5)8(9)11;2-1-3/h4-9H,1-3H3,(H,20,22,23);3-5H,1-2H3,(H2,11,12);2-4H,1H3;1H2. The van der Waals surface area contributed by atoms with E-state index in [9.17, 15) is 18.4 Å². The summed E-state index contributed by atoms with van der Waals surface area (Å²) >= 11 is 14.7. The maximum Gasteiger partial charge on any atom is 0.257 e. The molecule has 6 aromatic rings. The monoisotopic (exact) mass is 770 g/mol. The minimum Gasteiger partial charge on any atom is -0.446 e. The Labute approximate surface area is 314 Å². The predicted octanol–water partition coefficient (Wildman–Crippen LogP) is 9.92. The summed E-state index contributed by atoms with van der Waals surface area (Å²) in [6, 6.07) is 15.0. The van der Waals surface area contributed by atoms with Crippen molar-refractivity contribution in [3.05, 3.63) is 130 Å². The van der Waals surface area contributed by atoms with Gasteiger partial charge in [0.15, 0.2) is 11.8 Å². The zero-order valence-corrected chi connectivity index (χ0v) is 31.3. The van der Waals surface area contributed by atoms with Crippen molar-refractivity contribution in [3.63, 3.8) is 0 Å². The maximum absolute atomic E-state index is 13.1. The second-order valence-corrected chi connectivity index (χ2v) is 12.1. The average Bonchev–Trinajstić information content (AvgIpc) is 3.60. The van der Waals surface area contributed by atoms with Crippen molar-refractivity contribution in [3.8, 4) is 22.5 Å². The molecule has 6 rings (SSSR count). The molecule has 3 N–H and O–H groups in total. The van der Waals surface area contributed by atoms with E-state index in [0.29, 0.717) is 51.4 Å². The predicted molar refractivity (Wildman–Crippen MR) is 200 cm³/mol. The summed E-state index contributed by atoms with van der Waals surface area (Å²) < 4.78 is 36.3. The van der Waals surface area contributed by atoms with Crippen molar-refractivity contribution < 1.29 is 27.2 Å². The van der Waals surface area contributed by atoms with Crippen LogP contribution in [0, 0.1) is 53.2 Å². The molecule has 0 saturated carbocycles. The van der Waals surface area contributed by atoms with Crippen LogP contribution in [0.2, 0.25) is 0 Å². The lowest BCUT2D eigenvalue weighted by Gasteiger charge is -2.07. The van der Waals surface area contributed by atoms with Crippen molar-refractivity contribution >= 4 is 57.6 Å². The highest BCUT2D eigenvalue weighted by Gasteiger charge is 2.13. The van der Waals surface area contributed by atoms with Crippen molar-refractivity contribution in [2.24, 2.45) is 0 Å². The van der Waals surface area contributed by atoms with E-state index in [4.69, 9.17) is 49.4 Å². The third-order valence-corrected chi connectivity index (χ3v) is 7.18. The number of halogens is 5. The average molecular weight is 772 g/mol. The Kier molecular flexibility index (Phi) is 15.4. The molecule has 272 valence electrons. The molecule has 0 saturated heterocycles. The second-order valence-electron chi connectivity index (χ2n) is 10.9. The Morgan fingerprint density at radius 2 is 1.17 bits per heavy atom. The van der Waals surface area contributed by atoms with E-state index in [1.807, 2.05) is 32.9 Å². The fourth-order valence-corrected chi connectivity index (χ4v) is 4.87.